The molecule has 1 aromatic rings. The Kier molecular flexibility index (Phi) is 15.3. The summed E-state index contributed by atoms with van der Waals surface area (Å²) in [6.07, 6.45) is 11.0. The molecule has 0 unspecified atom stereocenters. The van der Waals surface area contributed by atoms with Crippen molar-refractivity contribution >= 4 is 28.9 Å². The third-order valence-corrected chi connectivity index (χ3v) is 8.36. The summed E-state index contributed by atoms with van der Waals surface area (Å²) in [5.74, 6) is 0. The van der Waals surface area contributed by atoms with Crippen molar-refractivity contribution in [2.24, 2.45) is 9.98 Å². The van der Waals surface area contributed by atoms with Crippen molar-refractivity contribution in [1.29, 1.82) is 0 Å². The van der Waals surface area contributed by atoms with Gasteiger partial charge >= 0.3 is 32.7 Å². The van der Waals surface area contributed by atoms with Gasteiger partial charge in [0.2, 0.25) is 0 Å². The van der Waals surface area contributed by atoms with Crippen molar-refractivity contribution < 1.29 is 32.7 Å². The predicted molar refractivity (Wildman–Crippen MR) is 146 cm³/mol. The van der Waals surface area contributed by atoms with E-state index in [9.17, 15) is 0 Å². The van der Waals surface area contributed by atoms with Gasteiger partial charge in [0.1, 0.15) is 0 Å². The molecule has 0 N–H and O–H groups in total. The first-order valence-electron chi connectivity index (χ1n) is 10.9. The van der Waals surface area contributed by atoms with Crippen LogP contribution in [-0.4, -0.2) is 40.0 Å². The van der Waals surface area contributed by atoms with Crippen molar-refractivity contribution in [3.05, 3.63) is 58.0 Å². The van der Waals surface area contributed by atoms with Gasteiger partial charge in [-0.15, -0.1) is 11.2 Å². The van der Waals surface area contributed by atoms with E-state index in [1.165, 1.54) is 0 Å². The van der Waals surface area contributed by atoms with E-state index in [0.717, 1.165) is 11.4 Å². The average Bonchev–Trinajstić information content (AvgIpc) is 3.21. The minimum Gasteiger partial charge on any atom is -0.684 e. The zero-order valence-corrected chi connectivity index (χ0v) is 27.3. The molecule has 32 heavy (non-hydrogen) atoms. The summed E-state index contributed by atoms with van der Waals surface area (Å²) in [5.41, 5.74) is 1.86. The van der Waals surface area contributed by atoms with Gasteiger partial charge in [-0.05, 0) is 32.9 Å². The summed E-state index contributed by atoms with van der Waals surface area (Å²) in [4.78, 5) is 12.5. The number of allylic oxidation sites excluding steroid dienone is 2. The Bertz CT molecular complexity index is 713. The number of hydrogen-bond acceptors (Lipinski definition) is 2. The van der Waals surface area contributed by atoms with Gasteiger partial charge in [0.05, 0.1) is 5.54 Å². The minimum absolute atomic E-state index is 0. The van der Waals surface area contributed by atoms with Crippen LogP contribution in [-0.2, 0) is 32.7 Å². The Morgan fingerprint density at radius 1 is 0.969 bits per heavy atom. The fourth-order valence-electron chi connectivity index (χ4n) is 2.31. The smallest absolute Gasteiger partial charge is 0.684 e. The molecule has 2 rings (SSSR count). The maximum atomic E-state index is 4.82. The SMILES string of the molecule is CC(C)(C)N=Cc1ccc[n-]1.CC(C)(C)[N-]/C=C1/C=CC=N1.C[Si](C)(C)[N-][Si](C)(C)C.[Y+3]. The van der Waals surface area contributed by atoms with Crippen LogP contribution in [0.2, 0.25) is 39.3 Å². The molecule has 0 atom stereocenters. The van der Waals surface area contributed by atoms with Gasteiger partial charge in [0.25, 0.3) is 0 Å². The quantitative estimate of drug-likeness (QED) is 0.284. The van der Waals surface area contributed by atoms with Gasteiger partial charge in [-0.3, -0.25) is 9.98 Å². The molecule has 0 radical (unpaired) electrons. The molecule has 0 aromatic carbocycles. The standard InChI is InChI=1S/2C9H13N2.C6H18NSi2.Y/c2*1-9(2,3)11-7-8-5-4-6-10-8;1-8(2,3)7-9(4,5)6;/h2*4-7H,1-3H3;1-6H3;/q3*-1;+3/b8-7-;;;. The molecule has 1 aliphatic heterocycles. The molecule has 2 heterocycles. The molecule has 0 saturated carbocycles. The fraction of sp³-hybridized carbons (Fsp3) is 0.583. The van der Waals surface area contributed by atoms with Gasteiger partial charge in [0.15, 0.2) is 0 Å². The molecule has 0 spiro atoms. The summed E-state index contributed by atoms with van der Waals surface area (Å²) in [6.45, 7) is 26.2. The molecule has 176 valence electrons. The molecule has 0 aliphatic carbocycles. The van der Waals surface area contributed by atoms with Crippen molar-refractivity contribution in [2.45, 2.75) is 91.9 Å². The first kappa shape index (κ1) is 33.6. The van der Waals surface area contributed by atoms with Crippen LogP contribution in [0, 0.1) is 0 Å². The number of hydrogen-bond donors (Lipinski definition) is 0. The fourth-order valence-corrected chi connectivity index (χ4v) is 10.4. The summed E-state index contributed by atoms with van der Waals surface area (Å²) in [5, 5.41) is 4.31. The molecule has 1 aliphatic rings. The molecule has 5 nitrogen and oxygen atoms in total. The van der Waals surface area contributed by atoms with Crippen molar-refractivity contribution in [1.82, 2.24) is 4.98 Å². The summed E-state index contributed by atoms with van der Waals surface area (Å²) >= 11 is 0. The zero-order chi connectivity index (χ0) is 24.3. The van der Waals surface area contributed by atoms with E-state index in [4.69, 9.17) is 4.65 Å². The average molecular weight is 548 g/mol. The summed E-state index contributed by atoms with van der Waals surface area (Å²) < 4.78 is 4.82. The van der Waals surface area contributed by atoms with Gasteiger partial charge in [0, 0.05) is 18.1 Å². The summed E-state index contributed by atoms with van der Waals surface area (Å²) in [7, 11) is -2.21. The Hall–Kier alpha value is -0.602. The third kappa shape index (κ3) is 24.0. The third-order valence-electron chi connectivity index (χ3n) is 2.99. The van der Waals surface area contributed by atoms with Gasteiger partial charge in [-0.2, -0.15) is 12.4 Å². The van der Waals surface area contributed by atoms with E-state index in [1.54, 1.807) is 24.8 Å². The molecule has 0 saturated heterocycles. The number of nitrogens with zero attached hydrogens (tertiary/aromatic N) is 5. The van der Waals surface area contributed by atoms with Gasteiger partial charge in [-0.25, -0.2) is 0 Å². The number of rotatable bonds is 4. The second kappa shape index (κ2) is 14.6. The van der Waals surface area contributed by atoms with Gasteiger partial charge in [-0.1, -0.05) is 88.7 Å². The molecule has 1 aromatic heterocycles. The Morgan fingerprint density at radius 2 is 1.53 bits per heavy atom. The first-order chi connectivity index (χ1) is 13.9. The van der Waals surface area contributed by atoms with E-state index < -0.39 is 16.5 Å². The Labute approximate surface area is 225 Å². The Morgan fingerprint density at radius 3 is 1.84 bits per heavy atom. The van der Waals surface area contributed by atoms with E-state index in [0.29, 0.717) is 0 Å². The Balaban J connectivity index is 0. The molecular weight excluding hydrogens is 503 g/mol. The zero-order valence-electron chi connectivity index (χ0n) is 22.4. The monoisotopic (exact) mass is 547 g/mol. The van der Waals surface area contributed by atoms with E-state index >= 15 is 0 Å². The second-order valence-electron chi connectivity index (χ2n) is 11.4. The minimum atomic E-state index is -1.11. The van der Waals surface area contributed by atoms with Crippen LogP contribution in [0.15, 0.2) is 52.4 Å². The van der Waals surface area contributed by atoms with Crippen molar-refractivity contribution in [2.75, 3.05) is 0 Å². The summed E-state index contributed by atoms with van der Waals surface area (Å²) in [6, 6.07) is 3.85. The van der Waals surface area contributed by atoms with Crippen molar-refractivity contribution in [3.63, 3.8) is 0 Å². The normalized spacial score (nSPS) is 15.1. The van der Waals surface area contributed by atoms with Gasteiger partial charge < -0.3 is 14.9 Å². The number of aromatic nitrogens is 1. The van der Waals surface area contributed by atoms with E-state index in [-0.39, 0.29) is 43.8 Å². The van der Waals surface area contributed by atoms with Crippen LogP contribution in [0.1, 0.15) is 47.2 Å². The van der Waals surface area contributed by atoms with Crippen molar-refractivity contribution in [3.8, 4) is 0 Å². The molecule has 8 heteroatoms. The van der Waals surface area contributed by atoms with Crippen LogP contribution in [0.5, 0.6) is 0 Å². The molecule has 0 amide bonds. The van der Waals surface area contributed by atoms with E-state index in [2.05, 4.69) is 101 Å². The topological polar surface area (TPSA) is 67.0 Å². The predicted octanol–water partition coefficient (Wildman–Crippen LogP) is 7.53. The van der Waals surface area contributed by atoms with Crippen LogP contribution >= 0.6 is 0 Å². The largest absolute Gasteiger partial charge is 3.00 e. The first-order valence-corrected chi connectivity index (χ1v) is 17.8. The van der Waals surface area contributed by atoms with Crippen LogP contribution in [0.4, 0.5) is 0 Å². The van der Waals surface area contributed by atoms with E-state index in [1.807, 2.05) is 24.3 Å². The second-order valence-corrected chi connectivity index (χ2v) is 21.0. The molecule has 0 bridgehead atoms. The van der Waals surface area contributed by atoms with Crippen LogP contribution in [0.3, 0.4) is 0 Å². The number of aliphatic imine (C=N–C) groups is 2. The van der Waals surface area contributed by atoms with Crippen LogP contribution < -0.4 is 4.98 Å². The molecule has 0 fully saturated rings. The maximum absolute atomic E-state index is 4.82. The molecular formula is C24H44N5Si2Y. The maximum Gasteiger partial charge on any atom is 3.00 e. The van der Waals surface area contributed by atoms with Crippen LogP contribution in [0.25, 0.3) is 9.96 Å².